The molecule has 1 N–H and O–H groups in total. The molecule has 1 aliphatic rings. The summed E-state index contributed by atoms with van der Waals surface area (Å²) in [6.07, 6.45) is 5.73. The molecule has 0 bridgehead atoms. The molecular weight excluding hydrogens is 354 g/mol. The second kappa shape index (κ2) is 10.7. The molecule has 1 amide bonds. The van der Waals surface area contributed by atoms with Gasteiger partial charge in [-0.3, -0.25) is 4.79 Å². The molecule has 0 fully saturated rings. The predicted octanol–water partition coefficient (Wildman–Crippen LogP) is 4.25. The number of fused-ring (bicyclic) bond motifs is 1. The third kappa shape index (κ3) is 5.04. The largest absolute Gasteiger partial charge is 0.493 e. The molecule has 0 unspecified atom stereocenters. The zero-order valence-electron chi connectivity index (χ0n) is 17.4. The van der Waals surface area contributed by atoms with Gasteiger partial charge in [-0.25, -0.2) is 0 Å². The number of ether oxygens (including phenoxy) is 3. The van der Waals surface area contributed by atoms with E-state index in [9.17, 15) is 4.79 Å². The van der Waals surface area contributed by atoms with E-state index in [1.165, 1.54) is 0 Å². The number of hydrogen-bond donors (Lipinski definition) is 1. The van der Waals surface area contributed by atoms with Crippen LogP contribution in [0.4, 0.5) is 0 Å². The molecule has 152 valence electrons. The summed E-state index contributed by atoms with van der Waals surface area (Å²) in [4.78, 5) is 12.4. The van der Waals surface area contributed by atoms with Crippen molar-refractivity contribution in [2.45, 2.75) is 32.6 Å². The Hall–Kier alpha value is -2.53. The summed E-state index contributed by atoms with van der Waals surface area (Å²) in [7, 11) is 4.88. The Balaban J connectivity index is 2.60. The number of methoxy groups -OCH3 is 3. The van der Waals surface area contributed by atoms with Gasteiger partial charge < -0.3 is 19.5 Å². The number of allylic oxidation sites excluding steroid dienone is 2. The summed E-state index contributed by atoms with van der Waals surface area (Å²) in [5, 5.41) is 2.94. The van der Waals surface area contributed by atoms with Crippen LogP contribution in [0.2, 0.25) is 0 Å². The molecule has 0 aromatic heterocycles. The van der Waals surface area contributed by atoms with E-state index in [4.69, 9.17) is 14.2 Å². The maximum Gasteiger partial charge on any atom is 0.251 e. The monoisotopic (exact) mass is 385 g/mol. The number of amides is 1. The highest BCUT2D eigenvalue weighted by atomic mass is 16.5. The van der Waals surface area contributed by atoms with Gasteiger partial charge in [-0.15, -0.1) is 0 Å². The van der Waals surface area contributed by atoms with Crippen molar-refractivity contribution in [3.05, 3.63) is 64.6 Å². The Kier molecular flexibility index (Phi) is 8.33. The minimum absolute atomic E-state index is 0.0390. The van der Waals surface area contributed by atoms with Crippen LogP contribution in [0, 0.1) is 0 Å². The Morgan fingerprint density at radius 1 is 1.21 bits per heavy atom. The van der Waals surface area contributed by atoms with Gasteiger partial charge in [0, 0.05) is 24.8 Å². The lowest BCUT2D eigenvalue weighted by Gasteiger charge is -2.19. The average molecular weight is 386 g/mol. The van der Waals surface area contributed by atoms with Crippen LogP contribution in [0.3, 0.4) is 0 Å². The van der Waals surface area contributed by atoms with Gasteiger partial charge in [0.2, 0.25) is 0 Å². The van der Waals surface area contributed by atoms with E-state index in [2.05, 4.69) is 18.0 Å². The first kappa shape index (κ1) is 21.8. The summed E-state index contributed by atoms with van der Waals surface area (Å²) in [6.45, 7) is 7.22. The summed E-state index contributed by atoms with van der Waals surface area (Å²) in [5.41, 5.74) is 4.94. The molecule has 28 heavy (non-hydrogen) atoms. The number of hydrogen-bond acceptors (Lipinski definition) is 4. The second-order valence-electron chi connectivity index (χ2n) is 6.70. The normalized spacial score (nSPS) is 16.8. The Labute approximate surface area is 168 Å². The van der Waals surface area contributed by atoms with E-state index in [0.717, 1.165) is 48.0 Å². The summed E-state index contributed by atoms with van der Waals surface area (Å²) in [5.74, 6) is 1.04. The van der Waals surface area contributed by atoms with Crippen LogP contribution in [-0.4, -0.2) is 40.4 Å². The quantitative estimate of drug-likeness (QED) is 0.537. The number of aryl methyl sites for hydroxylation is 1. The first-order valence-corrected chi connectivity index (χ1v) is 9.68. The summed E-state index contributed by atoms with van der Waals surface area (Å²) in [6, 6.07) is 5.85. The number of rotatable bonds is 8. The molecule has 5 heteroatoms. The summed E-state index contributed by atoms with van der Waals surface area (Å²) >= 11 is 0. The second-order valence-corrected chi connectivity index (χ2v) is 6.70. The van der Waals surface area contributed by atoms with Gasteiger partial charge in [-0.1, -0.05) is 25.6 Å². The fourth-order valence-electron chi connectivity index (χ4n) is 3.40. The Morgan fingerprint density at radius 3 is 2.64 bits per heavy atom. The molecule has 1 aromatic rings. The first-order valence-electron chi connectivity index (χ1n) is 9.68. The van der Waals surface area contributed by atoms with E-state index in [1.807, 2.05) is 25.1 Å². The van der Waals surface area contributed by atoms with Gasteiger partial charge in [0.05, 0.1) is 20.8 Å². The zero-order valence-corrected chi connectivity index (χ0v) is 17.4. The maximum atomic E-state index is 12.4. The lowest BCUT2D eigenvalue weighted by atomic mass is 9.92. The lowest BCUT2D eigenvalue weighted by Crippen LogP contribution is -2.24. The van der Waals surface area contributed by atoms with Gasteiger partial charge in [0.15, 0.2) is 11.5 Å². The number of carbonyl (C=O) groups is 1. The van der Waals surface area contributed by atoms with Crippen molar-refractivity contribution in [2.24, 2.45) is 0 Å². The van der Waals surface area contributed by atoms with Crippen LogP contribution in [-0.2, 0) is 20.6 Å². The highest BCUT2D eigenvalue weighted by Crippen LogP contribution is 2.38. The molecular formula is C23H31NO4. The number of carbonyl (C=O) groups excluding carboxylic acids is 1. The maximum absolute atomic E-state index is 12.4. The van der Waals surface area contributed by atoms with Gasteiger partial charge in [0.1, 0.15) is 0 Å². The molecule has 0 aliphatic heterocycles. The molecule has 5 nitrogen and oxygen atoms in total. The highest BCUT2D eigenvalue weighted by Gasteiger charge is 2.24. The highest BCUT2D eigenvalue weighted by molar-refractivity contribution is 5.95. The molecule has 1 aromatic carbocycles. The standard InChI is InChI=1S/C23H31NO4/c1-6-13-24-23(25)19-10-11-20-18(15-19)9-7-8-17(12-14-26-3)21(20)22(28-5)16(2)27-4/h10-12,15H,2,6-9,13-14H2,1,3-5H3,(H,24,25)/b17-12?,22-21-. The third-order valence-corrected chi connectivity index (χ3v) is 4.81. The number of benzene rings is 1. The van der Waals surface area contributed by atoms with Gasteiger partial charge >= 0.3 is 0 Å². The van der Waals surface area contributed by atoms with Crippen LogP contribution >= 0.6 is 0 Å². The first-order chi connectivity index (χ1) is 13.6. The average Bonchev–Trinajstić information content (AvgIpc) is 2.89. The molecule has 0 saturated heterocycles. The van der Waals surface area contributed by atoms with E-state index in [0.29, 0.717) is 30.2 Å². The van der Waals surface area contributed by atoms with Crippen molar-refractivity contribution < 1.29 is 19.0 Å². The van der Waals surface area contributed by atoms with Crippen LogP contribution in [0.25, 0.3) is 5.57 Å². The molecule has 0 saturated carbocycles. The lowest BCUT2D eigenvalue weighted by molar-refractivity contribution is 0.0953. The van der Waals surface area contributed by atoms with Crippen molar-refractivity contribution in [3.63, 3.8) is 0 Å². The van der Waals surface area contributed by atoms with Crippen molar-refractivity contribution >= 4 is 11.5 Å². The third-order valence-electron chi connectivity index (χ3n) is 4.81. The Morgan fingerprint density at radius 2 is 2.00 bits per heavy atom. The minimum Gasteiger partial charge on any atom is -0.493 e. The van der Waals surface area contributed by atoms with Crippen LogP contribution in [0.1, 0.15) is 47.7 Å². The SMILES string of the molecule is C=C(OC)/C(OC)=C1\C(=CCOC)CCCc2cc(C(=O)NCCC)ccc21. The summed E-state index contributed by atoms with van der Waals surface area (Å²) < 4.78 is 16.3. The van der Waals surface area contributed by atoms with Crippen LogP contribution in [0.15, 0.2) is 47.9 Å². The number of nitrogens with one attached hydrogen (secondary N) is 1. The van der Waals surface area contributed by atoms with E-state index in [1.54, 1.807) is 21.3 Å². The molecule has 0 radical (unpaired) electrons. The van der Waals surface area contributed by atoms with Crippen LogP contribution < -0.4 is 5.32 Å². The topological polar surface area (TPSA) is 56.8 Å². The molecule has 1 aliphatic carbocycles. The minimum atomic E-state index is -0.0390. The molecule has 2 rings (SSSR count). The molecule has 0 atom stereocenters. The predicted molar refractivity (Wildman–Crippen MR) is 112 cm³/mol. The Bertz CT molecular complexity index is 777. The molecule has 0 heterocycles. The fourth-order valence-corrected chi connectivity index (χ4v) is 3.40. The van der Waals surface area contributed by atoms with Gasteiger partial charge in [-0.2, -0.15) is 0 Å². The van der Waals surface area contributed by atoms with E-state index in [-0.39, 0.29) is 5.91 Å². The molecule has 0 spiro atoms. The van der Waals surface area contributed by atoms with Crippen molar-refractivity contribution in [1.29, 1.82) is 0 Å². The van der Waals surface area contributed by atoms with Crippen molar-refractivity contribution in [3.8, 4) is 0 Å². The van der Waals surface area contributed by atoms with E-state index < -0.39 is 0 Å². The smallest absolute Gasteiger partial charge is 0.251 e. The van der Waals surface area contributed by atoms with Gasteiger partial charge in [-0.05, 0) is 54.5 Å². The van der Waals surface area contributed by atoms with Crippen molar-refractivity contribution in [2.75, 3.05) is 34.5 Å². The van der Waals surface area contributed by atoms with Crippen molar-refractivity contribution in [1.82, 2.24) is 5.32 Å². The zero-order chi connectivity index (χ0) is 20.5. The fraction of sp³-hybridized carbons (Fsp3) is 0.435. The van der Waals surface area contributed by atoms with Gasteiger partial charge in [0.25, 0.3) is 5.91 Å². The van der Waals surface area contributed by atoms with Crippen LogP contribution in [0.5, 0.6) is 0 Å². The van der Waals surface area contributed by atoms with E-state index >= 15 is 0 Å².